The van der Waals surface area contributed by atoms with Gasteiger partial charge < -0.3 is 19.7 Å². The second kappa shape index (κ2) is 7.87. The molecule has 0 aliphatic carbocycles. The number of rotatable bonds is 6. The molecule has 0 atom stereocenters. The minimum atomic E-state index is -0.222. The van der Waals surface area contributed by atoms with Gasteiger partial charge in [0.05, 0.1) is 14.2 Å². The molecule has 5 nitrogen and oxygen atoms in total. The van der Waals surface area contributed by atoms with Gasteiger partial charge in [0.15, 0.2) is 28.8 Å². The van der Waals surface area contributed by atoms with Crippen LogP contribution in [0.2, 0.25) is 0 Å². The Kier molecular flexibility index (Phi) is 5.63. The minimum Gasteiger partial charge on any atom is -0.504 e. The van der Waals surface area contributed by atoms with Crippen LogP contribution in [0.4, 0.5) is 0 Å². The van der Waals surface area contributed by atoms with E-state index in [4.69, 9.17) is 9.47 Å². The van der Waals surface area contributed by atoms with Gasteiger partial charge >= 0.3 is 0 Å². The molecule has 0 saturated carbocycles. The molecule has 5 heteroatoms. The number of aromatic hydroxyl groups is 2. The summed E-state index contributed by atoms with van der Waals surface area (Å²) in [7, 11) is 2.94. The van der Waals surface area contributed by atoms with Gasteiger partial charge in [-0.1, -0.05) is 24.3 Å². The van der Waals surface area contributed by atoms with Gasteiger partial charge in [-0.3, -0.25) is 4.79 Å². The lowest BCUT2D eigenvalue weighted by Crippen LogP contribution is -1.87. The first-order valence-electron chi connectivity index (χ1n) is 7.17. The van der Waals surface area contributed by atoms with Crippen LogP contribution in [0.5, 0.6) is 23.0 Å². The largest absolute Gasteiger partial charge is 0.504 e. The third kappa shape index (κ3) is 4.39. The first-order chi connectivity index (χ1) is 11.5. The molecule has 0 aromatic heterocycles. The summed E-state index contributed by atoms with van der Waals surface area (Å²) in [5.41, 5.74) is 1.36. The van der Waals surface area contributed by atoms with Gasteiger partial charge in [-0.15, -0.1) is 0 Å². The fourth-order valence-corrected chi connectivity index (χ4v) is 2.03. The van der Waals surface area contributed by atoms with Crippen LogP contribution in [0.3, 0.4) is 0 Å². The van der Waals surface area contributed by atoms with E-state index in [1.54, 1.807) is 36.4 Å². The van der Waals surface area contributed by atoms with Crippen LogP contribution in [-0.2, 0) is 4.79 Å². The molecule has 0 heterocycles. The number of carbonyl (C=O) groups excluding carboxylic acids is 1. The van der Waals surface area contributed by atoms with Crippen molar-refractivity contribution in [1.29, 1.82) is 0 Å². The number of phenolic OH excluding ortho intramolecular Hbond substituents is 2. The summed E-state index contributed by atoms with van der Waals surface area (Å²) in [5, 5.41) is 19.4. The van der Waals surface area contributed by atoms with Gasteiger partial charge in [0, 0.05) is 0 Å². The SMILES string of the molecule is COc1ccc(/C=C/C(=O)/C=C/c2ccc(OC)c(O)c2)cc1O. The summed E-state index contributed by atoms with van der Waals surface area (Å²) in [6.45, 7) is 0. The topological polar surface area (TPSA) is 76.0 Å². The molecule has 0 amide bonds. The van der Waals surface area contributed by atoms with Crippen molar-refractivity contribution in [3.63, 3.8) is 0 Å². The van der Waals surface area contributed by atoms with E-state index in [2.05, 4.69) is 0 Å². The summed E-state index contributed by atoms with van der Waals surface area (Å²) in [6.07, 6.45) is 5.97. The number of ether oxygens (including phenoxy) is 2. The summed E-state index contributed by atoms with van der Waals surface area (Å²) in [5.74, 6) is 0.545. The quantitative estimate of drug-likeness (QED) is 0.796. The molecule has 0 fully saturated rings. The predicted octanol–water partition coefficient (Wildman–Crippen LogP) is 3.41. The van der Waals surface area contributed by atoms with Crippen LogP contribution in [0, 0.1) is 0 Å². The minimum absolute atomic E-state index is 0.0105. The molecule has 0 saturated heterocycles. The number of methoxy groups -OCH3 is 2. The highest BCUT2D eigenvalue weighted by Crippen LogP contribution is 2.27. The lowest BCUT2D eigenvalue weighted by atomic mass is 10.1. The summed E-state index contributed by atoms with van der Waals surface area (Å²) >= 11 is 0. The third-order valence-corrected chi connectivity index (χ3v) is 3.29. The third-order valence-electron chi connectivity index (χ3n) is 3.29. The Bertz CT molecular complexity index is 725. The van der Waals surface area contributed by atoms with Crippen LogP contribution in [0.25, 0.3) is 12.2 Å². The van der Waals surface area contributed by atoms with Crippen LogP contribution < -0.4 is 9.47 Å². The molecule has 0 bridgehead atoms. The van der Waals surface area contributed by atoms with E-state index < -0.39 is 0 Å². The Morgan fingerprint density at radius 1 is 0.833 bits per heavy atom. The molecule has 0 aliphatic rings. The van der Waals surface area contributed by atoms with Crippen LogP contribution >= 0.6 is 0 Å². The van der Waals surface area contributed by atoms with Gasteiger partial charge in [-0.05, 0) is 47.5 Å². The van der Waals surface area contributed by atoms with E-state index in [0.29, 0.717) is 22.6 Å². The normalized spacial score (nSPS) is 11.1. The van der Waals surface area contributed by atoms with Crippen molar-refractivity contribution >= 4 is 17.9 Å². The summed E-state index contributed by atoms with van der Waals surface area (Å²) < 4.78 is 9.92. The number of benzene rings is 2. The van der Waals surface area contributed by atoms with E-state index in [0.717, 1.165) is 0 Å². The van der Waals surface area contributed by atoms with Gasteiger partial charge in [-0.2, -0.15) is 0 Å². The number of phenols is 2. The average molecular weight is 326 g/mol. The molecule has 2 N–H and O–H groups in total. The van der Waals surface area contributed by atoms with E-state index >= 15 is 0 Å². The lowest BCUT2D eigenvalue weighted by molar-refractivity contribution is -0.110. The van der Waals surface area contributed by atoms with Crippen molar-refractivity contribution in [1.82, 2.24) is 0 Å². The fraction of sp³-hybridized carbons (Fsp3) is 0.105. The van der Waals surface area contributed by atoms with Gasteiger partial charge in [0.25, 0.3) is 0 Å². The molecular formula is C19H18O5. The molecule has 0 aliphatic heterocycles. The Morgan fingerprint density at radius 2 is 1.25 bits per heavy atom. The van der Waals surface area contributed by atoms with Crippen LogP contribution in [-0.4, -0.2) is 30.2 Å². The number of hydrogen-bond donors (Lipinski definition) is 2. The lowest BCUT2D eigenvalue weighted by Gasteiger charge is -2.03. The van der Waals surface area contributed by atoms with Gasteiger partial charge in [-0.25, -0.2) is 0 Å². The monoisotopic (exact) mass is 326 g/mol. The maximum Gasteiger partial charge on any atom is 0.178 e. The molecule has 2 rings (SSSR count). The maximum atomic E-state index is 11.9. The fourth-order valence-electron chi connectivity index (χ4n) is 2.03. The number of ketones is 1. The van der Waals surface area contributed by atoms with Gasteiger partial charge in [0.2, 0.25) is 0 Å². The Balaban J connectivity index is 2.04. The Morgan fingerprint density at radius 3 is 1.58 bits per heavy atom. The Labute approximate surface area is 140 Å². The highest BCUT2D eigenvalue weighted by atomic mass is 16.5. The second-order valence-electron chi connectivity index (χ2n) is 4.93. The van der Waals surface area contributed by atoms with Crippen molar-refractivity contribution in [2.75, 3.05) is 14.2 Å². The highest BCUT2D eigenvalue weighted by Gasteiger charge is 2.02. The first-order valence-corrected chi connectivity index (χ1v) is 7.17. The average Bonchev–Trinajstić information content (AvgIpc) is 2.58. The smallest absolute Gasteiger partial charge is 0.178 e. The number of hydrogen-bond acceptors (Lipinski definition) is 5. The van der Waals surface area contributed by atoms with E-state index in [1.807, 2.05) is 0 Å². The van der Waals surface area contributed by atoms with E-state index in [-0.39, 0.29) is 17.3 Å². The molecular weight excluding hydrogens is 308 g/mol. The first kappa shape index (κ1) is 17.1. The zero-order chi connectivity index (χ0) is 17.5. The number of carbonyl (C=O) groups is 1. The van der Waals surface area contributed by atoms with Crippen molar-refractivity contribution in [3.05, 3.63) is 59.7 Å². The van der Waals surface area contributed by atoms with Crippen LogP contribution in [0.15, 0.2) is 48.6 Å². The highest BCUT2D eigenvalue weighted by molar-refractivity contribution is 6.04. The molecule has 24 heavy (non-hydrogen) atoms. The van der Waals surface area contributed by atoms with Gasteiger partial charge in [0.1, 0.15) is 0 Å². The van der Waals surface area contributed by atoms with Crippen molar-refractivity contribution in [3.8, 4) is 23.0 Å². The summed E-state index contributed by atoms with van der Waals surface area (Å²) in [4.78, 5) is 11.9. The molecule has 2 aromatic carbocycles. The van der Waals surface area contributed by atoms with Crippen molar-refractivity contribution in [2.45, 2.75) is 0 Å². The second-order valence-corrected chi connectivity index (χ2v) is 4.93. The molecule has 0 unspecified atom stereocenters. The predicted molar refractivity (Wildman–Crippen MR) is 92.4 cm³/mol. The van der Waals surface area contributed by atoms with E-state index in [1.165, 1.54) is 38.5 Å². The standard InChI is InChI=1S/C19H18O5/c1-23-18-9-5-13(11-16(18)21)3-7-15(20)8-4-14-6-10-19(24-2)17(22)12-14/h3-12,21-22H,1-2H3/b7-3+,8-4+. The van der Waals surface area contributed by atoms with Crippen molar-refractivity contribution < 1.29 is 24.5 Å². The number of allylic oxidation sites excluding steroid dienone is 2. The Hall–Kier alpha value is -3.21. The van der Waals surface area contributed by atoms with Crippen molar-refractivity contribution in [2.24, 2.45) is 0 Å². The van der Waals surface area contributed by atoms with E-state index in [9.17, 15) is 15.0 Å². The molecule has 2 aromatic rings. The summed E-state index contributed by atoms with van der Waals surface area (Å²) in [6, 6.07) is 9.72. The zero-order valence-corrected chi connectivity index (χ0v) is 13.4. The molecule has 0 radical (unpaired) electrons. The van der Waals surface area contributed by atoms with Crippen LogP contribution in [0.1, 0.15) is 11.1 Å². The molecule has 124 valence electrons. The maximum absolute atomic E-state index is 11.9. The molecule has 0 spiro atoms. The zero-order valence-electron chi connectivity index (χ0n) is 13.4.